The van der Waals surface area contributed by atoms with Crippen LogP contribution in [0.5, 0.6) is 0 Å². The molecule has 1 N–H and O–H groups in total. The third-order valence-corrected chi connectivity index (χ3v) is 3.20. The smallest absolute Gasteiger partial charge is 0.272 e. The van der Waals surface area contributed by atoms with E-state index in [2.05, 4.69) is 20.4 Å². The Morgan fingerprint density at radius 2 is 2.29 bits per heavy atom. The lowest BCUT2D eigenvalue weighted by molar-refractivity contribution is 0.0924. The molecular weight excluding hydrogens is 270 g/mol. The van der Waals surface area contributed by atoms with Crippen molar-refractivity contribution in [3.8, 4) is 6.07 Å². The van der Waals surface area contributed by atoms with Crippen LogP contribution >= 0.6 is 0 Å². The lowest BCUT2D eigenvalue weighted by Gasteiger charge is -2.39. The topological polar surface area (TPSA) is 99.7 Å². The Morgan fingerprint density at radius 3 is 2.95 bits per heavy atom. The molecule has 1 amide bonds. The van der Waals surface area contributed by atoms with Crippen molar-refractivity contribution in [2.75, 3.05) is 18.0 Å². The lowest BCUT2D eigenvalue weighted by Crippen LogP contribution is -2.60. The molecule has 1 fully saturated rings. The number of nitrogens with one attached hydrogen (secondary N) is 1. The van der Waals surface area contributed by atoms with E-state index in [1.54, 1.807) is 36.3 Å². The fraction of sp³-hybridized carbons (Fsp3) is 0.308. The first kappa shape index (κ1) is 13.1. The van der Waals surface area contributed by atoms with Crippen molar-refractivity contribution in [1.29, 1.82) is 5.26 Å². The number of anilines is 1. The Hall–Kier alpha value is -2.95. The standard InChI is InChI=1S/C13H13N7O/c1-19-5-3-11(18-19)12(21)16-10-7-20(8-10)13-15-4-2-9(6-14)17-13/h2-5,10H,7-8H2,1H3,(H,16,21). The summed E-state index contributed by atoms with van der Waals surface area (Å²) >= 11 is 0. The molecule has 3 heterocycles. The summed E-state index contributed by atoms with van der Waals surface area (Å²) in [6, 6.07) is 5.25. The van der Waals surface area contributed by atoms with Crippen molar-refractivity contribution >= 4 is 11.9 Å². The quantitative estimate of drug-likeness (QED) is 0.830. The van der Waals surface area contributed by atoms with Gasteiger partial charge in [-0.05, 0) is 12.1 Å². The molecule has 8 heteroatoms. The highest BCUT2D eigenvalue weighted by molar-refractivity contribution is 5.92. The van der Waals surface area contributed by atoms with Crippen LogP contribution < -0.4 is 10.2 Å². The first-order chi connectivity index (χ1) is 10.2. The predicted molar refractivity (Wildman–Crippen MR) is 73.4 cm³/mol. The normalized spacial score (nSPS) is 14.4. The monoisotopic (exact) mass is 283 g/mol. The van der Waals surface area contributed by atoms with E-state index in [-0.39, 0.29) is 11.9 Å². The SMILES string of the molecule is Cn1ccc(C(=O)NC2CN(c3nccc(C#N)n3)C2)n1. The number of rotatable bonds is 3. The van der Waals surface area contributed by atoms with Crippen LogP contribution in [0, 0.1) is 11.3 Å². The molecule has 0 radical (unpaired) electrons. The minimum Gasteiger partial charge on any atom is -0.344 e. The molecule has 106 valence electrons. The summed E-state index contributed by atoms with van der Waals surface area (Å²) in [6.45, 7) is 1.24. The molecule has 3 rings (SSSR count). The van der Waals surface area contributed by atoms with E-state index in [1.165, 1.54) is 0 Å². The van der Waals surface area contributed by atoms with Crippen LogP contribution in [0.3, 0.4) is 0 Å². The number of amides is 1. The Labute approximate surface area is 121 Å². The maximum atomic E-state index is 11.9. The van der Waals surface area contributed by atoms with E-state index in [1.807, 2.05) is 11.0 Å². The minimum absolute atomic E-state index is 0.0360. The molecule has 0 bridgehead atoms. The van der Waals surface area contributed by atoms with Crippen LogP contribution in [0.2, 0.25) is 0 Å². The number of aryl methyl sites for hydroxylation is 1. The molecule has 21 heavy (non-hydrogen) atoms. The zero-order valence-corrected chi connectivity index (χ0v) is 11.4. The Bertz CT molecular complexity index is 711. The van der Waals surface area contributed by atoms with Crippen molar-refractivity contribution in [3.63, 3.8) is 0 Å². The van der Waals surface area contributed by atoms with Gasteiger partial charge in [0, 0.05) is 32.5 Å². The Kier molecular flexibility index (Phi) is 3.23. The maximum absolute atomic E-state index is 11.9. The number of nitriles is 1. The average Bonchev–Trinajstić information content (AvgIpc) is 2.89. The summed E-state index contributed by atoms with van der Waals surface area (Å²) < 4.78 is 1.59. The van der Waals surface area contributed by atoms with Gasteiger partial charge in [0.1, 0.15) is 17.5 Å². The summed E-state index contributed by atoms with van der Waals surface area (Å²) in [5, 5.41) is 15.8. The molecule has 1 aliphatic rings. The lowest BCUT2D eigenvalue weighted by atomic mass is 10.1. The second-order valence-electron chi connectivity index (χ2n) is 4.80. The number of hydrogen-bond donors (Lipinski definition) is 1. The van der Waals surface area contributed by atoms with Crippen LogP contribution in [0.4, 0.5) is 5.95 Å². The van der Waals surface area contributed by atoms with Gasteiger partial charge < -0.3 is 10.2 Å². The summed E-state index contributed by atoms with van der Waals surface area (Å²) in [5.74, 6) is 0.323. The van der Waals surface area contributed by atoms with E-state index in [0.717, 1.165) is 0 Å². The summed E-state index contributed by atoms with van der Waals surface area (Å²) in [4.78, 5) is 22.1. The number of nitrogens with zero attached hydrogens (tertiary/aromatic N) is 6. The van der Waals surface area contributed by atoms with E-state index >= 15 is 0 Å². The molecule has 0 unspecified atom stereocenters. The maximum Gasteiger partial charge on any atom is 0.272 e. The summed E-state index contributed by atoms with van der Waals surface area (Å²) in [6.07, 6.45) is 3.28. The van der Waals surface area contributed by atoms with Crippen LogP contribution in [-0.4, -0.2) is 44.8 Å². The third-order valence-electron chi connectivity index (χ3n) is 3.20. The molecule has 0 aliphatic carbocycles. The molecule has 0 spiro atoms. The first-order valence-electron chi connectivity index (χ1n) is 6.44. The van der Waals surface area contributed by atoms with Gasteiger partial charge in [-0.2, -0.15) is 10.4 Å². The molecule has 2 aromatic rings. The average molecular weight is 283 g/mol. The van der Waals surface area contributed by atoms with Crippen LogP contribution in [0.1, 0.15) is 16.2 Å². The van der Waals surface area contributed by atoms with Crippen molar-refractivity contribution < 1.29 is 4.79 Å². The van der Waals surface area contributed by atoms with Crippen molar-refractivity contribution in [1.82, 2.24) is 25.1 Å². The molecule has 8 nitrogen and oxygen atoms in total. The molecule has 1 aliphatic heterocycles. The molecule has 0 saturated carbocycles. The van der Waals surface area contributed by atoms with Gasteiger partial charge in [-0.3, -0.25) is 9.48 Å². The van der Waals surface area contributed by atoms with Gasteiger partial charge >= 0.3 is 0 Å². The largest absolute Gasteiger partial charge is 0.344 e. The van der Waals surface area contributed by atoms with Crippen molar-refractivity contribution in [2.45, 2.75) is 6.04 Å². The summed E-state index contributed by atoms with van der Waals surface area (Å²) in [7, 11) is 1.77. The second kappa shape index (κ2) is 5.20. The van der Waals surface area contributed by atoms with Gasteiger partial charge in [0.2, 0.25) is 5.95 Å². The highest BCUT2D eigenvalue weighted by atomic mass is 16.2. The van der Waals surface area contributed by atoms with Gasteiger partial charge in [0.05, 0.1) is 6.04 Å². The van der Waals surface area contributed by atoms with Crippen LogP contribution in [0.25, 0.3) is 0 Å². The van der Waals surface area contributed by atoms with Gasteiger partial charge in [0.15, 0.2) is 0 Å². The zero-order valence-electron chi connectivity index (χ0n) is 11.4. The molecule has 2 aromatic heterocycles. The molecule has 1 saturated heterocycles. The Balaban J connectivity index is 1.56. The van der Waals surface area contributed by atoms with Crippen molar-refractivity contribution in [2.24, 2.45) is 7.05 Å². The van der Waals surface area contributed by atoms with Gasteiger partial charge in [0.25, 0.3) is 5.91 Å². The van der Waals surface area contributed by atoms with Gasteiger partial charge in [-0.25, -0.2) is 9.97 Å². The van der Waals surface area contributed by atoms with Crippen molar-refractivity contribution in [3.05, 3.63) is 35.9 Å². The van der Waals surface area contributed by atoms with Gasteiger partial charge in [-0.1, -0.05) is 0 Å². The number of carbonyl (C=O) groups is 1. The minimum atomic E-state index is -0.188. The molecule has 0 atom stereocenters. The second-order valence-corrected chi connectivity index (χ2v) is 4.80. The predicted octanol–water partition coefficient (Wildman–Crippen LogP) is -0.300. The fourth-order valence-electron chi connectivity index (χ4n) is 2.09. The van der Waals surface area contributed by atoms with E-state index in [0.29, 0.717) is 30.4 Å². The highest BCUT2D eigenvalue weighted by Gasteiger charge is 2.30. The first-order valence-corrected chi connectivity index (χ1v) is 6.44. The highest BCUT2D eigenvalue weighted by Crippen LogP contribution is 2.16. The number of aromatic nitrogens is 4. The van der Waals surface area contributed by atoms with E-state index < -0.39 is 0 Å². The summed E-state index contributed by atoms with van der Waals surface area (Å²) in [5.41, 5.74) is 0.736. The van der Waals surface area contributed by atoms with E-state index in [4.69, 9.17) is 5.26 Å². The Morgan fingerprint density at radius 1 is 1.48 bits per heavy atom. The number of hydrogen-bond acceptors (Lipinski definition) is 6. The molecular formula is C13H13N7O. The zero-order chi connectivity index (χ0) is 14.8. The van der Waals surface area contributed by atoms with Gasteiger partial charge in [-0.15, -0.1) is 0 Å². The number of carbonyl (C=O) groups excluding carboxylic acids is 1. The fourth-order valence-corrected chi connectivity index (χ4v) is 2.09. The van der Waals surface area contributed by atoms with Crippen LogP contribution in [-0.2, 0) is 7.05 Å². The third kappa shape index (κ3) is 2.67. The van der Waals surface area contributed by atoms with E-state index in [9.17, 15) is 4.79 Å². The van der Waals surface area contributed by atoms with Crippen LogP contribution in [0.15, 0.2) is 24.5 Å². The molecule has 0 aromatic carbocycles.